The van der Waals surface area contributed by atoms with Gasteiger partial charge in [-0.05, 0) is 55.7 Å². The second-order valence-corrected chi connectivity index (χ2v) is 9.81. The summed E-state index contributed by atoms with van der Waals surface area (Å²) in [6, 6.07) is 8.04. The minimum atomic E-state index is -4.56. The SMILES string of the molecule is Cc1ccc(S(=O)(=O)N2CCCCC2)cc1C(=O)Nc1cc(Cl)ccc1OCC(F)(F)F. The summed E-state index contributed by atoms with van der Waals surface area (Å²) in [7, 11) is -3.77. The van der Waals surface area contributed by atoms with Crippen LogP contribution >= 0.6 is 11.6 Å². The van der Waals surface area contributed by atoms with Crippen molar-refractivity contribution in [3.05, 3.63) is 52.5 Å². The van der Waals surface area contributed by atoms with E-state index < -0.39 is 28.7 Å². The number of benzene rings is 2. The molecule has 3 rings (SSSR count). The van der Waals surface area contributed by atoms with Crippen molar-refractivity contribution in [2.45, 2.75) is 37.3 Å². The van der Waals surface area contributed by atoms with Crippen molar-refractivity contribution in [3.63, 3.8) is 0 Å². The predicted octanol–water partition coefficient (Wildman–Crippen LogP) is 5.02. The number of nitrogens with one attached hydrogen (secondary N) is 1. The molecule has 0 saturated carbocycles. The molecule has 32 heavy (non-hydrogen) atoms. The van der Waals surface area contributed by atoms with Crippen LogP contribution in [-0.4, -0.2) is 44.5 Å². The molecule has 0 aliphatic carbocycles. The highest BCUT2D eigenvalue weighted by atomic mass is 35.5. The molecule has 1 amide bonds. The Labute approximate surface area is 189 Å². The topological polar surface area (TPSA) is 75.7 Å². The first kappa shape index (κ1) is 24.3. The van der Waals surface area contributed by atoms with Crippen molar-refractivity contribution in [2.24, 2.45) is 0 Å². The largest absolute Gasteiger partial charge is 0.482 e. The Bertz CT molecular complexity index is 1100. The Hall–Kier alpha value is -2.30. The second kappa shape index (κ2) is 9.68. The van der Waals surface area contributed by atoms with Crippen molar-refractivity contribution in [1.82, 2.24) is 4.31 Å². The van der Waals surface area contributed by atoms with Crippen LogP contribution in [0.2, 0.25) is 5.02 Å². The van der Waals surface area contributed by atoms with E-state index in [9.17, 15) is 26.4 Å². The molecule has 0 bridgehead atoms. The lowest BCUT2D eigenvalue weighted by Gasteiger charge is -2.26. The summed E-state index contributed by atoms with van der Waals surface area (Å²) in [4.78, 5) is 12.9. The third-order valence-corrected chi connectivity index (χ3v) is 7.12. The Kier molecular flexibility index (Phi) is 7.36. The number of hydrogen-bond acceptors (Lipinski definition) is 4. The molecule has 1 aliphatic heterocycles. The lowest BCUT2D eigenvalue weighted by molar-refractivity contribution is -0.153. The molecule has 0 aromatic heterocycles. The summed E-state index contributed by atoms with van der Waals surface area (Å²) >= 11 is 5.92. The Balaban J connectivity index is 1.87. The molecular weight excluding hydrogens is 469 g/mol. The van der Waals surface area contributed by atoms with E-state index in [4.69, 9.17) is 16.3 Å². The van der Waals surface area contributed by atoms with Crippen LogP contribution in [0.4, 0.5) is 18.9 Å². The van der Waals surface area contributed by atoms with Gasteiger partial charge in [0.2, 0.25) is 10.0 Å². The summed E-state index contributed by atoms with van der Waals surface area (Å²) in [5.41, 5.74) is 0.514. The number of carbonyl (C=O) groups excluding carboxylic acids is 1. The van der Waals surface area contributed by atoms with Crippen molar-refractivity contribution < 1.29 is 31.1 Å². The van der Waals surface area contributed by atoms with Gasteiger partial charge in [-0.15, -0.1) is 0 Å². The van der Waals surface area contributed by atoms with E-state index in [1.165, 1.54) is 40.7 Å². The van der Waals surface area contributed by atoms with E-state index in [-0.39, 0.29) is 26.9 Å². The van der Waals surface area contributed by atoms with Crippen LogP contribution in [0.5, 0.6) is 5.75 Å². The second-order valence-electron chi connectivity index (χ2n) is 7.44. The standard InChI is InChI=1S/C21H22ClF3N2O4S/c1-14-5-7-16(32(29,30)27-9-3-2-4-10-27)12-17(14)20(28)26-18-11-15(22)6-8-19(18)31-13-21(23,24)25/h5-8,11-12H,2-4,9-10,13H2,1H3,(H,26,28). The van der Waals surface area contributed by atoms with Crippen molar-refractivity contribution >= 4 is 33.2 Å². The number of halogens is 4. The van der Waals surface area contributed by atoms with E-state index in [1.54, 1.807) is 6.92 Å². The zero-order valence-corrected chi connectivity index (χ0v) is 18.8. The molecular formula is C21H22ClF3N2O4S. The number of hydrogen-bond donors (Lipinski definition) is 1. The number of alkyl halides is 3. The van der Waals surface area contributed by atoms with Gasteiger partial charge in [0.15, 0.2) is 6.61 Å². The van der Waals surface area contributed by atoms with Gasteiger partial charge in [0.05, 0.1) is 10.6 Å². The zero-order chi connectivity index (χ0) is 23.5. The van der Waals surface area contributed by atoms with E-state index in [0.29, 0.717) is 18.7 Å². The fraction of sp³-hybridized carbons (Fsp3) is 0.381. The Morgan fingerprint density at radius 2 is 1.81 bits per heavy atom. The molecule has 0 radical (unpaired) electrons. The van der Waals surface area contributed by atoms with E-state index in [1.807, 2.05) is 0 Å². The number of carbonyl (C=O) groups is 1. The third kappa shape index (κ3) is 5.93. The van der Waals surface area contributed by atoms with Gasteiger partial charge in [-0.3, -0.25) is 4.79 Å². The molecule has 1 saturated heterocycles. The maximum atomic E-state index is 13.0. The minimum absolute atomic E-state index is 0.0187. The smallest absolute Gasteiger partial charge is 0.422 e. The molecule has 2 aromatic rings. The molecule has 0 spiro atoms. The van der Waals surface area contributed by atoms with Gasteiger partial charge in [-0.25, -0.2) is 8.42 Å². The average Bonchev–Trinajstić information content (AvgIpc) is 2.73. The molecule has 0 atom stereocenters. The van der Waals surface area contributed by atoms with Gasteiger partial charge >= 0.3 is 6.18 Å². The van der Waals surface area contributed by atoms with Crippen LogP contribution in [0.15, 0.2) is 41.3 Å². The van der Waals surface area contributed by atoms with Crippen LogP contribution < -0.4 is 10.1 Å². The van der Waals surface area contributed by atoms with Crippen LogP contribution in [0.1, 0.15) is 35.2 Å². The number of amides is 1. The Morgan fingerprint density at radius 3 is 2.47 bits per heavy atom. The molecule has 174 valence electrons. The van der Waals surface area contributed by atoms with Gasteiger partial charge in [0.25, 0.3) is 5.91 Å². The first-order chi connectivity index (χ1) is 15.0. The molecule has 2 aromatic carbocycles. The monoisotopic (exact) mass is 490 g/mol. The average molecular weight is 491 g/mol. The summed E-state index contributed by atoms with van der Waals surface area (Å²) in [5.74, 6) is -0.910. The molecule has 6 nitrogen and oxygen atoms in total. The summed E-state index contributed by atoms with van der Waals surface area (Å²) in [5, 5.41) is 2.66. The summed E-state index contributed by atoms with van der Waals surface area (Å²) in [6.07, 6.45) is -2.05. The van der Waals surface area contributed by atoms with Crippen molar-refractivity contribution in [3.8, 4) is 5.75 Å². The molecule has 1 fully saturated rings. The highest BCUT2D eigenvalue weighted by Gasteiger charge is 2.29. The zero-order valence-electron chi connectivity index (χ0n) is 17.2. The first-order valence-corrected chi connectivity index (χ1v) is 11.7. The molecule has 1 N–H and O–H groups in total. The van der Waals surface area contributed by atoms with Gasteiger partial charge < -0.3 is 10.1 Å². The van der Waals surface area contributed by atoms with Crippen molar-refractivity contribution in [1.29, 1.82) is 0 Å². The molecule has 1 aliphatic rings. The van der Waals surface area contributed by atoms with Crippen LogP contribution in [-0.2, 0) is 10.0 Å². The molecule has 0 unspecified atom stereocenters. The molecule has 1 heterocycles. The number of aryl methyl sites for hydroxylation is 1. The maximum absolute atomic E-state index is 13.0. The van der Waals surface area contributed by atoms with Crippen LogP contribution in [0, 0.1) is 6.92 Å². The van der Waals surface area contributed by atoms with Gasteiger partial charge in [-0.1, -0.05) is 24.1 Å². The highest BCUT2D eigenvalue weighted by molar-refractivity contribution is 7.89. The molecule has 11 heteroatoms. The number of sulfonamides is 1. The summed E-state index contributed by atoms with van der Waals surface area (Å²) < 4.78 is 69.7. The minimum Gasteiger partial charge on any atom is -0.482 e. The highest BCUT2D eigenvalue weighted by Crippen LogP contribution is 2.31. The fourth-order valence-electron chi connectivity index (χ4n) is 3.34. The number of ether oxygens (including phenoxy) is 1. The Morgan fingerprint density at radius 1 is 1.12 bits per heavy atom. The van der Waals surface area contributed by atoms with Crippen LogP contribution in [0.25, 0.3) is 0 Å². The number of rotatable bonds is 6. The maximum Gasteiger partial charge on any atom is 0.422 e. The van der Waals surface area contributed by atoms with E-state index in [2.05, 4.69) is 5.32 Å². The predicted molar refractivity (Wildman–Crippen MR) is 115 cm³/mol. The lowest BCUT2D eigenvalue weighted by atomic mass is 10.1. The number of nitrogens with zero attached hydrogens (tertiary/aromatic N) is 1. The van der Waals surface area contributed by atoms with Crippen LogP contribution in [0.3, 0.4) is 0 Å². The third-order valence-electron chi connectivity index (χ3n) is 4.99. The van der Waals surface area contributed by atoms with Gasteiger partial charge in [-0.2, -0.15) is 17.5 Å². The van der Waals surface area contributed by atoms with Crippen molar-refractivity contribution in [2.75, 3.05) is 25.0 Å². The number of anilines is 1. The number of piperidine rings is 1. The fourth-order valence-corrected chi connectivity index (χ4v) is 5.05. The summed E-state index contributed by atoms with van der Waals surface area (Å²) in [6.45, 7) is 0.922. The first-order valence-electron chi connectivity index (χ1n) is 9.88. The quantitative estimate of drug-likeness (QED) is 0.617. The lowest BCUT2D eigenvalue weighted by Crippen LogP contribution is -2.35. The normalized spacial score (nSPS) is 15.4. The van der Waals surface area contributed by atoms with E-state index in [0.717, 1.165) is 19.3 Å². The van der Waals surface area contributed by atoms with Gasteiger partial charge in [0.1, 0.15) is 5.75 Å². The van der Waals surface area contributed by atoms with E-state index >= 15 is 0 Å². The van der Waals surface area contributed by atoms with Gasteiger partial charge in [0, 0.05) is 23.7 Å².